The first kappa shape index (κ1) is 13.6. The number of rotatable bonds is 6. The van der Waals surface area contributed by atoms with Crippen molar-refractivity contribution in [1.82, 2.24) is 9.71 Å². The number of aromatic nitrogens is 1. The van der Waals surface area contributed by atoms with Gasteiger partial charge in [0.2, 0.25) is 10.0 Å². The molecule has 0 unspecified atom stereocenters. The minimum absolute atomic E-state index is 0.201. The molecule has 4 nitrogen and oxygen atoms in total. The average Bonchev–Trinajstić information content (AvgIpc) is 2.53. The predicted molar refractivity (Wildman–Crippen MR) is 67.1 cm³/mol. The zero-order valence-corrected chi connectivity index (χ0v) is 11.5. The number of hydrogen-bond acceptors (Lipinski definition) is 4. The zero-order valence-electron chi connectivity index (χ0n) is 9.91. The summed E-state index contributed by atoms with van der Waals surface area (Å²) in [5.41, 5.74) is 0.979. The molecule has 92 valence electrons. The van der Waals surface area contributed by atoms with Gasteiger partial charge in [0.15, 0.2) is 0 Å². The van der Waals surface area contributed by atoms with Crippen molar-refractivity contribution in [3.05, 3.63) is 15.6 Å². The zero-order chi connectivity index (χ0) is 12.2. The van der Waals surface area contributed by atoms with E-state index < -0.39 is 10.0 Å². The van der Waals surface area contributed by atoms with Gasteiger partial charge < -0.3 is 0 Å². The number of nitrogens with zero attached hydrogens (tertiary/aromatic N) is 1. The van der Waals surface area contributed by atoms with Crippen molar-refractivity contribution in [3.63, 3.8) is 0 Å². The van der Waals surface area contributed by atoms with Crippen LogP contribution in [-0.4, -0.2) is 19.2 Å². The normalized spacial score (nSPS) is 11.9. The molecule has 0 fully saturated rings. The van der Waals surface area contributed by atoms with Crippen LogP contribution < -0.4 is 4.72 Å². The van der Waals surface area contributed by atoms with Crippen molar-refractivity contribution in [2.45, 2.75) is 40.2 Å². The second-order valence-electron chi connectivity index (χ2n) is 3.74. The quantitative estimate of drug-likeness (QED) is 0.853. The fraction of sp³-hybridized carbons (Fsp3) is 0.700. The SMILES string of the molecule is CCCCS(=O)(=O)NCc1nc(C)c(C)s1. The van der Waals surface area contributed by atoms with Crippen LogP contribution in [-0.2, 0) is 16.6 Å². The molecule has 16 heavy (non-hydrogen) atoms. The molecule has 0 radical (unpaired) electrons. The Balaban J connectivity index is 2.51. The molecule has 0 amide bonds. The first-order valence-electron chi connectivity index (χ1n) is 5.35. The largest absolute Gasteiger partial charge is 0.245 e. The molecule has 0 spiro atoms. The molecule has 1 heterocycles. The molecule has 1 N–H and O–H groups in total. The van der Waals surface area contributed by atoms with Gasteiger partial charge in [0.25, 0.3) is 0 Å². The maximum absolute atomic E-state index is 11.5. The fourth-order valence-electron chi connectivity index (χ4n) is 1.19. The van der Waals surface area contributed by atoms with E-state index in [1.807, 2.05) is 20.8 Å². The molecule has 1 aromatic rings. The Labute approximate surface area is 101 Å². The lowest BCUT2D eigenvalue weighted by Gasteiger charge is -2.03. The van der Waals surface area contributed by atoms with Gasteiger partial charge in [0, 0.05) is 4.88 Å². The predicted octanol–water partition coefficient (Wildman–Crippen LogP) is 1.98. The van der Waals surface area contributed by atoms with E-state index in [4.69, 9.17) is 0 Å². The second-order valence-corrected chi connectivity index (χ2v) is 6.96. The molecule has 6 heteroatoms. The highest BCUT2D eigenvalue weighted by atomic mass is 32.2. The van der Waals surface area contributed by atoms with E-state index >= 15 is 0 Å². The lowest BCUT2D eigenvalue weighted by Crippen LogP contribution is -2.25. The Morgan fingerprint density at radius 3 is 2.56 bits per heavy atom. The maximum atomic E-state index is 11.5. The summed E-state index contributed by atoms with van der Waals surface area (Å²) >= 11 is 1.54. The highest BCUT2D eigenvalue weighted by Crippen LogP contribution is 2.16. The summed E-state index contributed by atoms with van der Waals surface area (Å²) in [6.45, 7) is 6.21. The van der Waals surface area contributed by atoms with E-state index in [2.05, 4.69) is 9.71 Å². The Bertz CT molecular complexity index is 418. The Morgan fingerprint density at radius 1 is 1.38 bits per heavy atom. The van der Waals surface area contributed by atoms with Gasteiger partial charge in [0.05, 0.1) is 18.0 Å². The topological polar surface area (TPSA) is 59.1 Å². The van der Waals surface area contributed by atoms with Crippen molar-refractivity contribution in [1.29, 1.82) is 0 Å². The number of nitrogens with one attached hydrogen (secondary N) is 1. The summed E-state index contributed by atoms with van der Waals surface area (Å²) in [6.07, 6.45) is 1.58. The van der Waals surface area contributed by atoms with Crippen molar-refractivity contribution in [3.8, 4) is 0 Å². The second kappa shape index (κ2) is 5.75. The number of sulfonamides is 1. The molecule has 0 saturated heterocycles. The van der Waals surface area contributed by atoms with Crippen molar-refractivity contribution >= 4 is 21.4 Å². The van der Waals surface area contributed by atoms with Gasteiger partial charge in [-0.2, -0.15) is 0 Å². The average molecular weight is 262 g/mol. The summed E-state index contributed by atoms with van der Waals surface area (Å²) in [5.74, 6) is 0.201. The number of unbranched alkanes of at least 4 members (excludes halogenated alkanes) is 1. The molecule has 1 aromatic heterocycles. The summed E-state index contributed by atoms with van der Waals surface area (Å²) in [4.78, 5) is 5.43. The molecule has 0 saturated carbocycles. The molecule has 0 aromatic carbocycles. The van der Waals surface area contributed by atoms with Gasteiger partial charge in [0.1, 0.15) is 5.01 Å². The van der Waals surface area contributed by atoms with Gasteiger partial charge >= 0.3 is 0 Å². The smallest absolute Gasteiger partial charge is 0.211 e. The highest BCUT2D eigenvalue weighted by Gasteiger charge is 2.11. The summed E-state index contributed by atoms with van der Waals surface area (Å²) in [5, 5.41) is 0.829. The molecule has 0 atom stereocenters. The van der Waals surface area contributed by atoms with Crippen LogP contribution in [0, 0.1) is 13.8 Å². The Hall–Kier alpha value is -0.460. The van der Waals surface area contributed by atoms with Gasteiger partial charge in [-0.25, -0.2) is 18.1 Å². The molecule has 0 bridgehead atoms. The third-order valence-corrected chi connectivity index (χ3v) is 4.77. The van der Waals surface area contributed by atoms with Gasteiger partial charge in [-0.15, -0.1) is 11.3 Å². The highest BCUT2D eigenvalue weighted by molar-refractivity contribution is 7.89. The number of aryl methyl sites for hydroxylation is 2. The van der Waals surface area contributed by atoms with Crippen molar-refractivity contribution in [2.75, 3.05) is 5.75 Å². The van der Waals surface area contributed by atoms with Crippen LogP contribution in [0.25, 0.3) is 0 Å². The Kier molecular flexibility index (Phi) is 4.89. The Morgan fingerprint density at radius 2 is 2.06 bits per heavy atom. The van der Waals surface area contributed by atoms with Gasteiger partial charge in [-0.05, 0) is 20.3 Å². The lowest BCUT2D eigenvalue weighted by molar-refractivity contribution is 0.577. The third-order valence-electron chi connectivity index (χ3n) is 2.28. The lowest BCUT2D eigenvalue weighted by atomic mass is 10.4. The number of thiazole rings is 1. The van der Waals surface area contributed by atoms with Crippen molar-refractivity contribution < 1.29 is 8.42 Å². The van der Waals surface area contributed by atoms with Crippen LogP contribution >= 0.6 is 11.3 Å². The first-order chi connectivity index (χ1) is 7.44. The standard InChI is InChI=1S/C10H18N2O2S2/c1-4-5-6-16(13,14)11-7-10-12-8(2)9(3)15-10/h11H,4-7H2,1-3H3. The van der Waals surface area contributed by atoms with Crippen molar-refractivity contribution in [2.24, 2.45) is 0 Å². The van der Waals surface area contributed by atoms with Crippen LogP contribution in [0.15, 0.2) is 0 Å². The minimum atomic E-state index is -3.13. The maximum Gasteiger partial charge on any atom is 0.211 e. The van der Waals surface area contributed by atoms with Gasteiger partial charge in [-0.3, -0.25) is 0 Å². The fourth-order valence-corrected chi connectivity index (χ4v) is 3.33. The number of hydrogen-bond donors (Lipinski definition) is 1. The first-order valence-corrected chi connectivity index (χ1v) is 7.81. The van der Waals surface area contributed by atoms with E-state index in [9.17, 15) is 8.42 Å². The van der Waals surface area contributed by atoms with Gasteiger partial charge in [-0.1, -0.05) is 13.3 Å². The minimum Gasteiger partial charge on any atom is -0.245 e. The van der Waals surface area contributed by atoms with E-state index in [1.54, 1.807) is 11.3 Å². The molecule has 1 rings (SSSR count). The molecule has 0 aliphatic rings. The summed E-state index contributed by atoms with van der Waals surface area (Å²) in [6, 6.07) is 0. The summed E-state index contributed by atoms with van der Waals surface area (Å²) in [7, 11) is -3.13. The summed E-state index contributed by atoms with van der Waals surface area (Å²) < 4.78 is 25.6. The molecule has 0 aliphatic heterocycles. The van der Waals surface area contributed by atoms with E-state index in [1.165, 1.54) is 0 Å². The third kappa shape index (κ3) is 4.19. The van der Waals surface area contributed by atoms with Crippen LogP contribution in [0.3, 0.4) is 0 Å². The van der Waals surface area contributed by atoms with Crippen LogP contribution in [0.1, 0.15) is 35.3 Å². The van der Waals surface area contributed by atoms with Crippen LogP contribution in [0.4, 0.5) is 0 Å². The van der Waals surface area contributed by atoms with E-state index in [-0.39, 0.29) is 5.75 Å². The van der Waals surface area contributed by atoms with Crippen LogP contribution in [0.5, 0.6) is 0 Å². The monoisotopic (exact) mass is 262 g/mol. The molecule has 0 aliphatic carbocycles. The molecular formula is C10H18N2O2S2. The van der Waals surface area contributed by atoms with E-state index in [0.717, 1.165) is 22.0 Å². The van der Waals surface area contributed by atoms with Crippen LogP contribution in [0.2, 0.25) is 0 Å². The van der Waals surface area contributed by atoms with E-state index in [0.29, 0.717) is 13.0 Å². The molecular weight excluding hydrogens is 244 g/mol.